The third-order valence-electron chi connectivity index (χ3n) is 5.50. The Kier molecular flexibility index (Phi) is 5.97. The molecule has 4 nitrogen and oxygen atoms in total. The Bertz CT molecular complexity index is 1470. The zero-order chi connectivity index (χ0) is 21.3. The van der Waals surface area contributed by atoms with Crippen molar-refractivity contribution in [3.63, 3.8) is 0 Å². The van der Waals surface area contributed by atoms with Crippen LogP contribution in [0.3, 0.4) is 0 Å². The molecule has 0 spiro atoms. The molecule has 2 aromatic heterocycles. The SMILES string of the molecule is [Ir].[c-]1cc2scnc2cc1-c1nncn1-c1c(-c2ccccc2)cccc1-c1ccccc1. The summed E-state index contributed by atoms with van der Waals surface area (Å²) in [6.45, 7) is 0. The number of hydrogen-bond acceptors (Lipinski definition) is 4. The van der Waals surface area contributed by atoms with Crippen LogP contribution in [-0.2, 0) is 20.1 Å². The van der Waals surface area contributed by atoms with Gasteiger partial charge in [0.25, 0.3) is 0 Å². The molecule has 0 bridgehead atoms. The molecule has 0 saturated heterocycles. The third kappa shape index (κ3) is 3.93. The van der Waals surface area contributed by atoms with Crippen molar-refractivity contribution < 1.29 is 20.1 Å². The summed E-state index contributed by atoms with van der Waals surface area (Å²) < 4.78 is 3.17. The number of aromatic nitrogens is 4. The molecular formula is C27H17IrN4S-. The van der Waals surface area contributed by atoms with Crippen LogP contribution in [0.5, 0.6) is 0 Å². The smallest absolute Gasteiger partial charge is 0.115 e. The summed E-state index contributed by atoms with van der Waals surface area (Å²) in [5, 5.41) is 8.77. The molecule has 1 radical (unpaired) electrons. The molecule has 161 valence electrons. The number of thiazole rings is 1. The standard InChI is InChI=1S/C27H17N4S.Ir/c1-3-8-19(9-4-1)22-12-7-13-23(20-10-5-2-6-11-20)26(22)31-17-29-30-27(31)21-14-15-25-24(16-21)28-18-32-25;/h1-13,15-18H;/q-1;. The van der Waals surface area contributed by atoms with Crippen LogP contribution in [0.25, 0.3) is 49.5 Å². The fourth-order valence-electron chi connectivity index (χ4n) is 4.02. The van der Waals surface area contributed by atoms with Crippen molar-refractivity contribution in [3.05, 3.63) is 109 Å². The molecule has 4 aromatic carbocycles. The van der Waals surface area contributed by atoms with E-state index in [1.165, 1.54) is 0 Å². The normalized spacial score (nSPS) is 10.8. The molecule has 33 heavy (non-hydrogen) atoms. The van der Waals surface area contributed by atoms with E-state index < -0.39 is 0 Å². The van der Waals surface area contributed by atoms with Gasteiger partial charge in [-0.25, -0.2) is 0 Å². The Hall–Kier alpha value is -3.44. The first-order valence-electron chi connectivity index (χ1n) is 10.3. The Morgan fingerprint density at radius 3 is 2.12 bits per heavy atom. The quantitative estimate of drug-likeness (QED) is 0.207. The van der Waals surface area contributed by atoms with Crippen LogP contribution in [0.2, 0.25) is 0 Å². The van der Waals surface area contributed by atoms with E-state index in [1.807, 2.05) is 29.8 Å². The summed E-state index contributed by atoms with van der Waals surface area (Å²) in [5.41, 5.74) is 9.20. The molecule has 0 N–H and O–H groups in total. The molecule has 0 amide bonds. The van der Waals surface area contributed by atoms with E-state index in [0.29, 0.717) is 0 Å². The zero-order valence-corrected chi connectivity index (χ0v) is 20.6. The fourth-order valence-corrected chi connectivity index (χ4v) is 4.66. The van der Waals surface area contributed by atoms with Gasteiger partial charge in [0, 0.05) is 31.2 Å². The van der Waals surface area contributed by atoms with Gasteiger partial charge in [0.2, 0.25) is 0 Å². The summed E-state index contributed by atoms with van der Waals surface area (Å²) in [5.74, 6) is 0.737. The molecule has 0 saturated carbocycles. The number of benzene rings is 4. The van der Waals surface area contributed by atoms with E-state index in [-0.39, 0.29) is 20.1 Å². The Balaban J connectivity index is 0.00000228. The van der Waals surface area contributed by atoms with Crippen LogP contribution in [0, 0.1) is 6.07 Å². The molecule has 0 fully saturated rings. The largest absolute Gasteiger partial charge is 0.322 e. The van der Waals surface area contributed by atoms with Crippen LogP contribution in [0.15, 0.2) is 103 Å². The topological polar surface area (TPSA) is 43.6 Å². The number of hydrogen-bond donors (Lipinski definition) is 0. The number of fused-ring (bicyclic) bond motifs is 1. The van der Waals surface area contributed by atoms with Crippen molar-refractivity contribution in [1.82, 2.24) is 19.7 Å². The molecule has 6 aromatic rings. The van der Waals surface area contributed by atoms with Crippen molar-refractivity contribution in [3.8, 4) is 39.3 Å². The minimum absolute atomic E-state index is 0. The molecular weight excluding hydrogens is 605 g/mol. The predicted molar refractivity (Wildman–Crippen MR) is 130 cm³/mol. The third-order valence-corrected chi connectivity index (χ3v) is 6.29. The van der Waals surface area contributed by atoms with Crippen LogP contribution in [-0.4, -0.2) is 19.7 Å². The Morgan fingerprint density at radius 2 is 1.45 bits per heavy atom. The predicted octanol–water partition coefficient (Wildman–Crippen LogP) is 6.68. The number of para-hydroxylation sites is 1. The van der Waals surface area contributed by atoms with Gasteiger partial charge in [-0.15, -0.1) is 28.9 Å². The Labute approximate surface area is 209 Å². The number of nitrogens with zero attached hydrogens (tertiary/aromatic N) is 4. The van der Waals surface area contributed by atoms with Crippen LogP contribution in [0.4, 0.5) is 0 Å². The van der Waals surface area contributed by atoms with E-state index in [9.17, 15) is 0 Å². The van der Waals surface area contributed by atoms with Gasteiger partial charge in [-0.3, -0.25) is 4.98 Å². The van der Waals surface area contributed by atoms with Crippen molar-refractivity contribution in [2.75, 3.05) is 0 Å². The second-order valence-electron chi connectivity index (χ2n) is 7.41. The van der Waals surface area contributed by atoms with Crippen LogP contribution < -0.4 is 0 Å². The van der Waals surface area contributed by atoms with E-state index >= 15 is 0 Å². The van der Waals surface area contributed by atoms with Crippen LogP contribution >= 0.6 is 11.3 Å². The van der Waals surface area contributed by atoms with Gasteiger partial charge in [0.1, 0.15) is 6.33 Å². The van der Waals surface area contributed by atoms with Gasteiger partial charge in [0.15, 0.2) is 0 Å². The number of rotatable bonds is 4. The first kappa shape index (κ1) is 21.4. The Morgan fingerprint density at radius 1 is 0.788 bits per heavy atom. The summed E-state index contributed by atoms with van der Waals surface area (Å²) in [4.78, 5) is 4.46. The molecule has 6 rings (SSSR count). The molecule has 6 heteroatoms. The molecule has 0 aliphatic heterocycles. The molecule has 0 unspecified atom stereocenters. The van der Waals surface area contributed by atoms with Gasteiger partial charge in [-0.1, -0.05) is 78.9 Å². The maximum atomic E-state index is 4.48. The van der Waals surface area contributed by atoms with E-state index in [1.54, 1.807) is 17.7 Å². The van der Waals surface area contributed by atoms with Gasteiger partial charge in [-0.2, -0.15) is 16.4 Å². The van der Waals surface area contributed by atoms with Crippen molar-refractivity contribution in [1.29, 1.82) is 0 Å². The monoisotopic (exact) mass is 622 g/mol. The minimum atomic E-state index is 0. The summed E-state index contributed by atoms with van der Waals surface area (Å²) in [6.07, 6.45) is 1.78. The maximum Gasteiger partial charge on any atom is 0.115 e. The van der Waals surface area contributed by atoms with Crippen molar-refractivity contribution >= 4 is 21.6 Å². The summed E-state index contributed by atoms with van der Waals surface area (Å²) >= 11 is 1.61. The molecule has 0 atom stereocenters. The van der Waals surface area contributed by atoms with Gasteiger partial charge < -0.3 is 4.57 Å². The van der Waals surface area contributed by atoms with E-state index in [0.717, 1.165) is 49.5 Å². The zero-order valence-electron chi connectivity index (χ0n) is 17.3. The second-order valence-corrected chi connectivity index (χ2v) is 8.29. The first-order valence-corrected chi connectivity index (χ1v) is 11.2. The van der Waals surface area contributed by atoms with Crippen LogP contribution in [0.1, 0.15) is 0 Å². The van der Waals surface area contributed by atoms with Gasteiger partial charge >= 0.3 is 0 Å². The molecule has 2 heterocycles. The first-order chi connectivity index (χ1) is 15.9. The average molecular weight is 622 g/mol. The van der Waals surface area contributed by atoms with Gasteiger partial charge in [0.05, 0.1) is 17.0 Å². The van der Waals surface area contributed by atoms with Gasteiger partial charge in [-0.05, 0) is 21.3 Å². The maximum absolute atomic E-state index is 4.48. The van der Waals surface area contributed by atoms with Crippen molar-refractivity contribution in [2.45, 2.75) is 0 Å². The summed E-state index contributed by atoms with van der Waals surface area (Å²) in [7, 11) is 0. The van der Waals surface area contributed by atoms with Crippen molar-refractivity contribution in [2.24, 2.45) is 0 Å². The second kappa shape index (κ2) is 9.20. The summed E-state index contributed by atoms with van der Waals surface area (Å²) in [6, 6.07) is 34.6. The molecule has 0 aliphatic carbocycles. The fraction of sp³-hybridized carbons (Fsp3) is 0. The average Bonchev–Trinajstić information content (AvgIpc) is 3.54. The minimum Gasteiger partial charge on any atom is -0.322 e. The van der Waals surface area contributed by atoms with E-state index in [2.05, 4.69) is 92.5 Å². The molecule has 0 aliphatic rings. The van der Waals surface area contributed by atoms with E-state index in [4.69, 9.17) is 0 Å².